The van der Waals surface area contributed by atoms with Crippen molar-refractivity contribution in [1.29, 1.82) is 0 Å². The van der Waals surface area contributed by atoms with Gasteiger partial charge in [-0.05, 0) is 53.7 Å². The van der Waals surface area contributed by atoms with Gasteiger partial charge in [0.25, 0.3) is 5.91 Å². The number of amides is 2. The van der Waals surface area contributed by atoms with E-state index >= 15 is 0 Å². The van der Waals surface area contributed by atoms with Gasteiger partial charge in [-0.1, -0.05) is 0 Å². The van der Waals surface area contributed by atoms with Crippen LogP contribution in [0.2, 0.25) is 0 Å². The van der Waals surface area contributed by atoms with Crippen LogP contribution in [0.1, 0.15) is 23.3 Å². The number of aromatic nitrogens is 7. The van der Waals surface area contributed by atoms with Crippen molar-refractivity contribution in [3.8, 4) is 0 Å². The summed E-state index contributed by atoms with van der Waals surface area (Å²) in [6.45, 7) is 1.72. The van der Waals surface area contributed by atoms with E-state index in [0.29, 0.717) is 22.6 Å². The van der Waals surface area contributed by atoms with Gasteiger partial charge in [0.15, 0.2) is 5.65 Å². The summed E-state index contributed by atoms with van der Waals surface area (Å²) in [5, 5.41) is 20.6. The maximum absolute atomic E-state index is 12.4. The Kier molecular flexibility index (Phi) is 4.46. The highest BCUT2D eigenvalue weighted by Crippen LogP contribution is 2.16. The summed E-state index contributed by atoms with van der Waals surface area (Å²) in [7, 11) is 0. The molecule has 1 unspecified atom stereocenters. The lowest BCUT2D eigenvalue weighted by atomic mass is 10.2. The van der Waals surface area contributed by atoms with E-state index in [9.17, 15) is 9.59 Å². The van der Waals surface area contributed by atoms with Crippen LogP contribution in [0.25, 0.3) is 5.65 Å². The van der Waals surface area contributed by atoms with Gasteiger partial charge >= 0.3 is 0 Å². The number of hydrogen-bond acceptors (Lipinski definition) is 7. The minimum atomic E-state index is -0.497. The normalized spacial score (nSPS) is 11.9. The van der Waals surface area contributed by atoms with E-state index in [1.165, 1.54) is 21.9 Å². The number of nitrogens with zero attached hydrogens (tertiary/aromatic N) is 7. The first-order valence-corrected chi connectivity index (χ1v) is 8.34. The lowest BCUT2D eigenvalue weighted by molar-refractivity contribution is -0.119. The van der Waals surface area contributed by atoms with Crippen molar-refractivity contribution < 1.29 is 9.59 Å². The van der Waals surface area contributed by atoms with E-state index in [1.807, 2.05) is 0 Å². The second-order valence-corrected chi connectivity index (χ2v) is 5.97. The van der Waals surface area contributed by atoms with Crippen LogP contribution in [0.4, 0.5) is 11.4 Å². The van der Waals surface area contributed by atoms with Gasteiger partial charge < -0.3 is 10.6 Å². The molecule has 140 valence electrons. The summed E-state index contributed by atoms with van der Waals surface area (Å²) in [4.78, 5) is 28.5. The number of nitrogens with one attached hydrogen (secondary N) is 2. The average molecular weight is 377 g/mol. The molecule has 0 aliphatic heterocycles. The largest absolute Gasteiger partial charge is 0.324 e. The topological polar surface area (TPSA) is 132 Å². The molecule has 3 aromatic heterocycles. The van der Waals surface area contributed by atoms with Crippen LogP contribution < -0.4 is 10.6 Å². The second-order valence-electron chi connectivity index (χ2n) is 5.97. The van der Waals surface area contributed by atoms with E-state index in [0.717, 1.165) is 0 Å². The van der Waals surface area contributed by atoms with Crippen molar-refractivity contribution in [2.75, 3.05) is 10.6 Å². The Labute approximate surface area is 158 Å². The van der Waals surface area contributed by atoms with E-state index in [1.54, 1.807) is 49.5 Å². The van der Waals surface area contributed by atoms with Crippen molar-refractivity contribution in [2.24, 2.45) is 0 Å². The Bertz CT molecular complexity index is 1120. The molecule has 0 aliphatic carbocycles. The molecule has 0 bridgehead atoms. The maximum atomic E-state index is 12.4. The predicted molar refractivity (Wildman–Crippen MR) is 98.5 cm³/mol. The molecule has 1 aromatic carbocycles. The number of pyridine rings is 1. The fourth-order valence-corrected chi connectivity index (χ4v) is 2.50. The number of anilines is 2. The van der Waals surface area contributed by atoms with Crippen LogP contribution in [-0.2, 0) is 4.79 Å². The average Bonchev–Trinajstić information content (AvgIpc) is 3.40. The molecule has 3 heterocycles. The third-order valence-corrected chi connectivity index (χ3v) is 4.08. The smallest absolute Gasteiger partial charge is 0.257 e. The monoisotopic (exact) mass is 377 g/mol. The Morgan fingerprint density at radius 2 is 1.79 bits per heavy atom. The van der Waals surface area contributed by atoms with Gasteiger partial charge in [-0.15, -0.1) is 5.10 Å². The molecule has 4 aromatic rings. The van der Waals surface area contributed by atoms with Crippen LogP contribution in [0.15, 0.2) is 55.2 Å². The number of fused-ring (bicyclic) bond motifs is 1. The first kappa shape index (κ1) is 17.3. The molecule has 0 aliphatic rings. The van der Waals surface area contributed by atoms with Crippen molar-refractivity contribution in [2.45, 2.75) is 13.0 Å². The lowest BCUT2D eigenvalue weighted by Crippen LogP contribution is -2.24. The lowest BCUT2D eigenvalue weighted by Gasteiger charge is -2.12. The van der Waals surface area contributed by atoms with Crippen molar-refractivity contribution in [3.63, 3.8) is 0 Å². The van der Waals surface area contributed by atoms with Gasteiger partial charge in [-0.2, -0.15) is 9.61 Å². The third-order valence-electron chi connectivity index (χ3n) is 4.08. The van der Waals surface area contributed by atoms with E-state index < -0.39 is 6.04 Å². The number of benzene rings is 1. The zero-order valence-electron chi connectivity index (χ0n) is 14.7. The summed E-state index contributed by atoms with van der Waals surface area (Å²) in [6, 6.07) is 9.60. The predicted octanol–water partition coefficient (Wildman–Crippen LogP) is 1.17. The summed E-state index contributed by atoms with van der Waals surface area (Å²) in [5.41, 5.74) is 2.16. The number of carbonyl (C=O) groups excluding carboxylic acids is 2. The molecule has 2 N–H and O–H groups in total. The molecule has 0 spiro atoms. The summed E-state index contributed by atoms with van der Waals surface area (Å²) in [6.07, 6.45) is 4.40. The highest BCUT2D eigenvalue weighted by molar-refractivity contribution is 6.04. The van der Waals surface area contributed by atoms with Gasteiger partial charge in [0, 0.05) is 17.6 Å². The Hall–Kier alpha value is -4.15. The van der Waals surface area contributed by atoms with Crippen molar-refractivity contribution in [1.82, 2.24) is 34.8 Å². The van der Waals surface area contributed by atoms with Gasteiger partial charge in [0.2, 0.25) is 5.91 Å². The standard InChI is InChI=1S/C17H15N9O2/c1-11(26-10-18-9-19-26)16(27)20-13-3-5-14(6-4-13)21-17(28)12-2-7-15-22-23-24-25(15)8-12/h2-11H,1H3,(H,20,27)(H,21,28). The fraction of sp³-hybridized carbons (Fsp3) is 0.118. The number of carbonyl (C=O) groups is 2. The first-order valence-electron chi connectivity index (χ1n) is 8.34. The molecule has 0 fully saturated rings. The molecule has 28 heavy (non-hydrogen) atoms. The van der Waals surface area contributed by atoms with Gasteiger partial charge in [-0.3, -0.25) is 9.59 Å². The summed E-state index contributed by atoms with van der Waals surface area (Å²) < 4.78 is 2.88. The highest BCUT2D eigenvalue weighted by Gasteiger charge is 2.15. The third kappa shape index (κ3) is 3.53. The highest BCUT2D eigenvalue weighted by atomic mass is 16.2. The Balaban J connectivity index is 1.40. The molecule has 2 amide bonds. The van der Waals surface area contributed by atoms with Crippen LogP contribution >= 0.6 is 0 Å². The number of rotatable bonds is 5. The molecule has 11 heteroatoms. The van der Waals surface area contributed by atoms with Gasteiger partial charge in [0.1, 0.15) is 18.7 Å². The zero-order valence-corrected chi connectivity index (χ0v) is 14.7. The van der Waals surface area contributed by atoms with Crippen LogP contribution in [-0.4, -0.2) is 46.6 Å². The van der Waals surface area contributed by atoms with Crippen LogP contribution in [0, 0.1) is 0 Å². The molecule has 4 rings (SSSR count). The van der Waals surface area contributed by atoms with Crippen LogP contribution in [0.3, 0.4) is 0 Å². The molecular formula is C17H15N9O2. The molecule has 0 saturated heterocycles. The SMILES string of the molecule is CC(C(=O)Nc1ccc(NC(=O)c2ccc3nnnn3c2)cc1)n1cncn1. The van der Waals surface area contributed by atoms with Gasteiger partial charge in [-0.25, -0.2) is 9.67 Å². The van der Waals surface area contributed by atoms with E-state index in [-0.39, 0.29) is 11.8 Å². The second kappa shape index (κ2) is 7.23. The molecular weight excluding hydrogens is 362 g/mol. The molecule has 0 saturated carbocycles. The van der Waals surface area contributed by atoms with E-state index in [2.05, 4.69) is 36.2 Å². The number of tetrazole rings is 1. The fourth-order valence-electron chi connectivity index (χ4n) is 2.50. The first-order chi connectivity index (χ1) is 13.6. The van der Waals surface area contributed by atoms with Gasteiger partial charge in [0.05, 0.1) is 5.56 Å². The van der Waals surface area contributed by atoms with E-state index in [4.69, 9.17) is 0 Å². The molecule has 0 radical (unpaired) electrons. The zero-order chi connectivity index (χ0) is 19.5. The van der Waals surface area contributed by atoms with Crippen molar-refractivity contribution in [3.05, 3.63) is 60.8 Å². The van der Waals surface area contributed by atoms with Crippen molar-refractivity contribution >= 4 is 28.8 Å². The molecule has 1 atom stereocenters. The summed E-state index contributed by atoms with van der Waals surface area (Å²) in [5.74, 6) is -0.522. The minimum Gasteiger partial charge on any atom is -0.324 e. The Morgan fingerprint density at radius 1 is 1.04 bits per heavy atom. The summed E-state index contributed by atoms with van der Waals surface area (Å²) >= 11 is 0. The Morgan fingerprint density at radius 3 is 2.50 bits per heavy atom. The minimum absolute atomic E-state index is 0.225. The quantitative estimate of drug-likeness (QED) is 0.533. The number of hydrogen-bond donors (Lipinski definition) is 2. The molecule has 11 nitrogen and oxygen atoms in total. The maximum Gasteiger partial charge on any atom is 0.257 e. The van der Waals surface area contributed by atoms with Crippen LogP contribution in [0.5, 0.6) is 0 Å².